The van der Waals surface area contributed by atoms with Crippen molar-refractivity contribution in [3.8, 4) is 0 Å². The molecule has 2 heterocycles. The predicted molar refractivity (Wildman–Crippen MR) is 132 cm³/mol. The molecule has 3 aromatic rings. The van der Waals surface area contributed by atoms with Crippen molar-refractivity contribution in [2.45, 2.75) is 39.2 Å². The summed E-state index contributed by atoms with van der Waals surface area (Å²) in [7, 11) is 0. The first kappa shape index (κ1) is 22.9. The molecule has 2 N–H and O–H groups in total. The Labute approximate surface area is 203 Å². The SMILES string of the molecule is CCOC(=O)c1c(NC(=S)Nc2nn(Cc3ccccc3F)cc2Br)sc2c1CCCC2. The molecule has 32 heavy (non-hydrogen) atoms. The molecule has 0 amide bonds. The number of benzene rings is 1. The number of nitrogens with one attached hydrogen (secondary N) is 2. The topological polar surface area (TPSA) is 68.2 Å². The van der Waals surface area contributed by atoms with Gasteiger partial charge in [0.2, 0.25) is 0 Å². The maximum atomic E-state index is 14.0. The van der Waals surface area contributed by atoms with Crippen LogP contribution in [-0.4, -0.2) is 27.5 Å². The van der Waals surface area contributed by atoms with E-state index in [4.69, 9.17) is 17.0 Å². The molecule has 1 aromatic carbocycles. The molecule has 0 spiro atoms. The summed E-state index contributed by atoms with van der Waals surface area (Å²) < 4.78 is 21.6. The maximum absolute atomic E-state index is 14.0. The molecule has 0 unspecified atom stereocenters. The van der Waals surface area contributed by atoms with Gasteiger partial charge in [0.1, 0.15) is 10.8 Å². The number of thiocarbonyl (C=S) groups is 1. The van der Waals surface area contributed by atoms with Crippen LogP contribution in [0.25, 0.3) is 0 Å². The van der Waals surface area contributed by atoms with Gasteiger partial charge in [-0.3, -0.25) is 4.68 Å². The summed E-state index contributed by atoms with van der Waals surface area (Å²) in [4.78, 5) is 13.8. The Morgan fingerprint density at radius 3 is 2.88 bits per heavy atom. The second kappa shape index (κ2) is 10.1. The molecule has 2 aromatic heterocycles. The van der Waals surface area contributed by atoms with E-state index < -0.39 is 0 Å². The lowest BCUT2D eigenvalue weighted by molar-refractivity contribution is 0.0526. The quantitative estimate of drug-likeness (QED) is 0.308. The van der Waals surface area contributed by atoms with Crippen LogP contribution in [-0.2, 0) is 24.1 Å². The number of carbonyl (C=O) groups is 1. The van der Waals surface area contributed by atoms with E-state index in [-0.39, 0.29) is 18.3 Å². The summed E-state index contributed by atoms with van der Waals surface area (Å²) in [5.41, 5.74) is 2.19. The van der Waals surface area contributed by atoms with Crippen molar-refractivity contribution in [1.82, 2.24) is 9.78 Å². The highest BCUT2D eigenvalue weighted by atomic mass is 79.9. The van der Waals surface area contributed by atoms with Crippen molar-refractivity contribution in [1.29, 1.82) is 0 Å². The van der Waals surface area contributed by atoms with Crippen molar-refractivity contribution in [3.05, 3.63) is 62.3 Å². The maximum Gasteiger partial charge on any atom is 0.341 e. The van der Waals surface area contributed by atoms with E-state index in [1.54, 1.807) is 47.3 Å². The minimum atomic E-state index is -0.326. The fourth-order valence-electron chi connectivity index (χ4n) is 3.68. The molecule has 0 atom stereocenters. The number of thiophene rings is 1. The Bertz CT molecular complexity index is 1160. The summed E-state index contributed by atoms with van der Waals surface area (Å²) >= 11 is 10.5. The van der Waals surface area contributed by atoms with Crippen LogP contribution >= 0.6 is 39.5 Å². The van der Waals surface area contributed by atoms with Gasteiger partial charge in [-0.25, -0.2) is 9.18 Å². The first-order valence-corrected chi connectivity index (χ1v) is 12.3. The highest BCUT2D eigenvalue weighted by molar-refractivity contribution is 9.10. The number of hydrogen-bond acceptors (Lipinski definition) is 5. The number of rotatable bonds is 6. The molecule has 0 bridgehead atoms. The summed E-state index contributed by atoms with van der Waals surface area (Å²) in [6.45, 7) is 2.40. The minimum Gasteiger partial charge on any atom is -0.462 e. The Morgan fingerprint density at radius 1 is 1.31 bits per heavy atom. The molecule has 0 saturated heterocycles. The number of anilines is 2. The van der Waals surface area contributed by atoms with Gasteiger partial charge in [-0.15, -0.1) is 11.3 Å². The second-order valence-electron chi connectivity index (χ2n) is 7.33. The van der Waals surface area contributed by atoms with Gasteiger partial charge >= 0.3 is 5.97 Å². The number of carbonyl (C=O) groups excluding carboxylic acids is 1. The summed E-state index contributed by atoms with van der Waals surface area (Å²) in [6, 6.07) is 6.59. The van der Waals surface area contributed by atoms with Crippen molar-refractivity contribution >= 4 is 61.4 Å². The molecule has 0 aliphatic heterocycles. The fraction of sp³-hybridized carbons (Fsp3) is 0.318. The molecule has 1 aliphatic carbocycles. The van der Waals surface area contributed by atoms with Crippen molar-refractivity contribution in [2.24, 2.45) is 0 Å². The summed E-state index contributed by atoms with van der Waals surface area (Å²) in [5, 5.41) is 11.7. The number of esters is 1. The predicted octanol–water partition coefficient (Wildman–Crippen LogP) is 5.76. The number of hydrogen-bond donors (Lipinski definition) is 2. The van der Waals surface area contributed by atoms with Crippen LogP contribution in [0.4, 0.5) is 15.2 Å². The Kier molecular flexibility index (Phi) is 7.22. The average molecular weight is 537 g/mol. The number of aromatic nitrogens is 2. The second-order valence-corrected chi connectivity index (χ2v) is 9.70. The number of halogens is 2. The van der Waals surface area contributed by atoms with Gasteiger partial charge in [0.25, 0.3) is 0 Å². The highest BCUT2D eigenvalue weighted by Gasteiger charge is 2.27. The molecule has 1 aliphatic rings. The molecule has 6 nitrogen and oxygen atoms in total. The van der Waals surface area contributed by atoms with Crippen LogP contribution < -0.4 is 10.6 Å². The van der Waals surface area contributed by atoms with E-state index in [1.807, 2.05) is 0 Å². The van der Waals surface area contributed by atoms with E-state index in [9.17, 15) is 9.18 Å². The monoisotopic (exact) mass is 536 g/mol. The third kappa shape index (κ3) is 5.02. The largest absolute Gasteiger partial charge is 0.462 e. The van der Waals surface area contributed by atoms with E-state index in [0.717, 1.165) is 31.2 Å². The van der Waals surface area contributed by atoms with Crippen LogP contribution in [0.15, 0.2) is 34.9 Å². The molecule has 0 fully saturated rings. The number of fused-ring (bicyclic) bond motifs is 1. The molecule has 168 valence electrons. The van der Waals surface area contributed by atoms with E-state index in [2.05, 4.69) is 31.7 Å². The van der Waals surface area contributed by atoms with E-state index in [1.165, 1.54) is 10.9 Å². The molecular formula is C22H22BrFN4O2S2. The lowest BCUT2D eigenvalue weighted by Crippen LogP contribution is -2.21. The van der Waals surface area contributed by atoms with E-state index >= 15 is 0 Å². The van der Waals surface area contributed by atoms with Crippen molar-refractivity contribution in [2.75, 3.05) is 17.2 Å². The molecule has 0 radical (unpaired) electrons. The van der Waals surface area contributed by atoms with Gasteiger partial charge in [0, 0.05) is 16.6 Å². The first-order valence-electron chi connectivity index (χ1n) is 10.3. The van der Waals surface area contributed by atoms with Crippen molar-refractivity contribution in [3.63, 3.8) is 0 Å². The van der Waals surface area contributed by atoms with Gasteiger partial charge in [0.15, 0.2) is 10.9 Å². The smallest absolute Gasteiger partial charge is 0.341 e. The normalized spacial score (nSPS) is 12.8. The fourth-order valence-corrected chi connectivity index (χ4v) is 5.64. The Morgan fingerprint density at radius 2 is 2.09 bits per heavy atom. The lowest BCUT2D eigenvalue weighted by Gasteiger charge is -2.13. The number of nitrogens with zero attached hydrogens (tertiary/aromatic N) is 2. The molecular weight excluding hydrogens is 515 g/mol. The van der Waals surface area contributed by atoms with Crippen LogP contribution in [0.1, 0.15) is 46.1 Å². The van der Waals surface area contributed by atoms with Gasteiger partial charge in [0.05, 0.1) is 23.2 Å². The standard InChI is InChI=1S/C22H22BrFN4O2S2/c1-2-30-21(29)18-14-8-4-6-10-17(14)32-20(18)26-22(31)25-19-15(23)12-28(27-19)11-13-7-3-5-9-16(13)24/h3,5,7,9,12H,2,4,6,8,10-11H2,1H3,(H2,25,26,27,31). The summed E-state index contributed by atoms with van der Waals surface area (Å²) in [6.07, 6.45) is 5.76. The zero-order valence-electron chi connectivity index (χ0n) is 17.4. The zero-order valence-corrected chi connectivity index (χ0v) is 20.6. The molecule has 4 rings (SSSR count). The van der Waals surface area contributed by atoms with Crippen LogP contribution in [0.5, 0.6) is 0 Å². The van der Waals surface area contributed by atoms with Gasteiger partial charge < -0.3 is 15.4 Å². The zero-order chi connectivity index (χ0) is 22.7. The average Bonchev–Trinajstić information content (AvgIpc) is 3.29. The Balaban J connectivity index is 1.50. The van der Waals surface area contributed by atoms with Gasteiger partial charge in [-0.1, -0.05) is 18.2 Å². The number of aryl methyl sites for hydroxylation is 1. The summed E-state index contributed by atoms with van der Waals surface area (Å²) in [5.74, 6) is -0.107. The third-order valence-corrected chi connectivity index (χ3v) is 7.11. The van der Waals surface area contributed by atoms with Gasteiger partial charge in [-0.2, -0.15) is 5.10 Å². The van der Waals surface area contributed by atoms with Crippen LogP contribution in [0, 0.1) is 5.82 Å². The van der Waals surface area contributed by atoms with E-state index in [0.29, 0.717) is 38.1 Å². The first-order chi connectivity index (χ1) is 15.5. The molecule has 10 heteroatoms. The van der Waals surface area contributed by atoms with Crippen LogP contribution in [0.3, 0.4) is 0 Å². The third-order valence-electron chi connectivity index (χ3n) is 5.12. The van der Waals surface area contributed by atoms with Crippen molar-refractivity contribution < 1.29 is 13.9 Å². The van der Waals surface area contributed by atoms with Crippen LogP contribution in [0.2, 0.25) is 0 Å². The highest BCUT2D eigenvalue weighted by Crippen LogP contribution is 2.38. The Hall–Kier alpha value is -2.30. The lowest BCUT2D eigenvalue weighted by atomic mass is 9.95. The molecule has 0 saturated carbocycles. The van der Waals surface area contributed by atoms with Gasteiger partial charge in [-0.05, 0) is 72.4 Å². The number of ether oxygens (including phenoxy) is 1. The minimum absolute atomic E-state index is 0.279.